The standard InChI is InChI=1S/C8H10N2O4/c1-13-5-2-4(3-5)7-9-6(8(11)12)10-14-7/h4-5H,2-3H2,1H3,(H,11,12). The highest BCUT2D eigenvalue weighted by Crippen LogP contribution is 2.37. The van der Waals surface area contributed by atoms with E-state index < -0.39 is 5.97 Å². The van der Waals surface area contributed by atoms with Gasteiger partial charge in [0, 0.05) is 13.0 Å². The molecule has 1 aromatic rings. The minimum Gasteiger partial charge on any atom is -0.475 e. The van der Waals surface area contributed by atoms with Crippen LogP contribution in [0.25, 0.3) is 0 Å². The maximum Gasteiger partial charge on any atom is 0.377 e. The van der Waals surface area contributed by atoms with Gasteiger partial charge in [0.15, 0.2) is 0 Å². The van der Waals surface area contributed by atoms with Crippen LogP contribution in [0.1, 0.15) is 35.3 Å². The molecule has 1 aliphatic rings. The number of aromatic carboxylic acids is 1. The first-order valence-corrected chi connectivity index (χ1v) is 4.30. The summed E-state index contributed by atoms with van der Waals surface area (Å²) in [7, 11) is 1.65. The van der Waals surface area contributed by atoms with Gasteiger partial charge in [0.2, 0.25) is 5.89 Å². The molecule has 6 heteroatoms. The van der Waals surface area contributed by atoms with Gasteiger partial charge in [-0.1, -0.05) is 0 Å². The van der Waals surface area contributed by atoms with Crippen molar-refractivity contribution in [2.45, 2.75) is 24.9 Å². The van der Waals surface area contributed by atoms with E-state index in [9.17, 15) is 4.79 Å². The normalized spacial score (nSPS) is 25.8. The van der Waals surface area contributed by atoms with E-state index in [1.807, 2.05) is 0 Å². The zero-order valence-electron chi connectivity index (χ0n) is 7.64. The molecule has 1 fully saturated rings. The highest BCUT2D eigenvalue weighted by molar-refractivity contribution is 5.82. The van der Waals surface area contributed by atoms with E-state index in [4.69, 9.17) is 14.4 Å². The minimum absolute atomic E-state index is 0.153. The summed E-state index contributed by atoms with van der Waals surface area (Å²) >= 11 is 0. The third-order valence-corrected chi connectivity index (χ3v) is 2.41. The fourth-order valence-corrected chi connectivity index (χ4v) is 1.45. The predicted octanol–water partition coefficient (Wildman–Crippen LogP) is 0.660. The molecule has 0 aromatic carbocycles. The van der Waals surface area contributed by atoms with Crippen molar-refractivity contribution >= 4 is 5.97 Å². The van der Waals surface area contributed by atoms with Crippen molar-refractivity contribution in [2.75, 3.05) is 7.11 Å². The fraction of sp³-hybridized carbons (Fsp3) is 0.625. The second-order valence-electron chi connectivity index (χ2n) is 3.29. The number of ether oxygens (including phenoxy) is 1. The minimum atomic E-state index is -1.16. The molecule has 0 atom stereocenters. The van der Waals surface area contributed by atoms with Gasteiger partial charge in [0.25, 0.3) is 5.82 Å². The molecule has 1 aliphatic carbocycles. The van der Waals surface area contributed by atoms with E-state index in [2.05, 4.69) is 10.1 Å². The lowest BCUT2D eigenvalue weighted by Gasteiger charge is -2.31. The lowest BCUT2D eigenvalue weighted by molar-refractivity contribution is 0.0176. The van der Waals surface area contributed by atoms with E-state index in [0.717, 1.165) is 12.8 Å². The molecule has 6 nitrogen and oxygen atoms in total. The van der Waals surface area contributed by atoms with Crippen LogP contribution in [-0.4, -0.2) is 34.4 Å². The van der Waals surface area contributed by atoms with Crippen molar-refractivity contribution in [1.29, 1.82) is 0 Å². The zero-order valence-corrected chi connectivity index (χ0v) is 7.64. The molecule has 1 N–H and O–H groups in total. The van der Waals surface area contributed by atoms with Crippen LogP contribution in [0.15, 0.2) is 4.52 Å². The van der Waals surface area contributed by atoms with E-state index in [-0.39, 0.29) is 17.8 Å². The van der Waals surface area contributed by atoms with E-state index in [0.29, 0.717) is 5.89 Å². The number of rotatable bonds is 3. The summed E-state index contributed by atoms with van der Waals surface area (Å²) in [6.45, 7) is 0. The zero-order chi connectivity index (χ0) is 10.1. The van der Waals surface area contributed by atoms with Gasteiger partial charge in [0.1, 0.15) is 0 Å². The number of hydrogen-bond donors (Lipinski definition) is 1. The highest BCUT2D eigenvalue weighted by Gasteiger charge is 2.34. The van der Waals surface area contributed by atoms with Crippen molar-refractivity contribution < 1.29 is 19.2 Å². The summed E-state index contributed by atoms with van der Waals surface area (Å²) in [5.74, 6) is -0.889. The molecule has 1 aromatic heterocycles. The van der Waals surface area contributed by atoms with Gasteiger partial charge >= 0.3 is 5.97 Å². The number of nitrogens with zero attached hydrogens (tertiary/aromatic N) is 2. The van der Waals surface area contributed by atoms with E-state index in [1.54, 1.807) is 7.11 Å². The summed E-state index contributed by atoms with van der Waals surface area (Å²) in [4.78, 5) is 14.2. The second-order valence-corrected chi connectivity index (χ2v) is 3.29. The molecule has 0 bridgehead atoms. The first-order chi connectivity index (χ1) is 6.70. The van der Waals surface area contributed by atoms with Gasteiger partial charge in [-0.25, -0.2) is 4.79 Å². The monoisotopic (exact) mass is 198 g/mol. The Labute approximate surface area is 79.9 Å². The number of methoxy groups -OCH3 is 1. The van der Waals surface area contributed by atoms with Crippen molar-refractivity contribution in [3.05, 3.63) is 11.7 Å². The van der Waals surface area contributed by atoms with Crippen LogP contribution >= 0.6 is 0 Å². The molecular formula is C8H10N2O4. The van der Waals surface area contributed by atoms with Gasteiger partial charge in [-0.2, -0.15) is 4.98 Å². The number of carboxylic acids is 1. The van der Waals surface area contributed by atoms with Crippen molar-refractivity contribution in [3.63, 3.8) is 0 Å². The molecule has 2 rings (SSSR count). The molecule has 0 unspecified atom stereocenters. The molecule has 1 saturated carbocycles. The Kier molecular flexibility index (Phi) is 2.20. The Morgan fingerprint density at radius 1 is 1.64 bits per heavy atom. The second kappa shape index (κ2) is 3.38. The number of hydrogen-bond acceptors (Lipinski definition) is 5. The first-order valence-electron chi connectivity index (χ1n) is 4.30. The third kappa shape index (κ3) is 1.48. The summed E-state index contributed by atoms with van der Waals surface area (Å²) in [6.07, 6.45) is 1.87. The van der Waals surface area contributed by atoms with Crippen molar-refractivity contribution in [3.8, 4) is 0 Å². The van der Waals surface area contributed by atoms with Crippen LogP contribution in [-0.2, 0) is 4.74 Å². The fourth-order valence-electron chi connectivity index (χ4n) is 1.45. The lowest BCUT2D eigenvalue weighted by Crippen LogP contribution is -2.28. The van der Waals surface area contributed by atoms with Crippen LogP contribution in [0.2, 0.25) is 0 Å². The van der Waals surface area contributed by atoms with Gasteiger partial charge < -0.3 is 14.4 Å². The average Bonchev–Trinajstić information content (AvgIpc) is 2.51. The van der Waals surface area contributed by atoms with Crippen LogP contribution in [0.4, 0.5) is 0 Å². The van der Waals surface area contributed by atoms with Crippen molar-refractivity contribution in [2.24, 2.45) is 0 Å². The summed E-state index contributed by atoms with van der Waals surface area (Å²) in [6, 6.07) is 0. The number of carboxylic acid groups (broad SMARTS) is 1. The van der Waals surface area contributed by atoms with E-state index in [1.165, 1.54) is 0 Å². The lowest BCUT2D eigenvalue weighted by atomic mass is 9.82. The third-order valence-electron chi connectivity index (χ3n) is 2.41. The number of aromatic nitrogens is 2. The summed E-state index contributed by atoms with van der Waals surface area (Å²) in [5.41, 5.74) is 0. The summed E-state index contributed by atoms with van der Waals surface area (Å²) < 4.78 is 9.91. The number of carbonyl (C=O) groups is 1. The molecule has 14 heavy (non-hydrogen) atoms. The maximum atomic E-state index is 10.5. The molecule has 1 heterocycles. The molecule has 0 radical (unpaired) electrons. The molecule has 76 valence electrons. The topological polar surface area (TPSA) is 85.5 Å². The highest BCUT2D eigenvalue weighted by atomic mass is 16.5. The molecule has 0 aliphatic heterocycles. The van der Waals surface area contributed by atoms with Crippen LogP contribution in [0, 0.1) is 0 Å². The molecular weight excluding hydrogens is 188 g/mol. The maximum absolute atomic E-state index is 10.5. The molecule has 0 amide bonds. The molecule has 0 saturated heterocycles. The van der Waals surface area contributed by atoms with Crippen LogP contribution < -0.4 is 0 Å². The Morgan fingerprint density at radius 3 is 2.86 bits per heavy atom. The molecule has 0 spiro atoms. The Morgan fingerprint density at radius 2 is 2.36 bits per heavy atom. The largest absolute Gasteiger partial charge is 0.475 e. The SMILES string of the molecule is COC1CC(c2nc(C(=O)O)no2)C1. The predicted molar refractivity (Wildman–Crippen MR) is 44.0 cm³/mol. The van der Waals surface area contributed by atoms with Crippen molar-refractivity contribution in [1.82, 2.24) is 10.1 Å². The smallest absolute Gasteiger partial charge is 0.377 e. The van der Waals surface area contributed by atoms with E-state index >= 15 is 0 Å². The summed E-state index contributed by atoms with van der Waals surface area (Å²) in [5, 5.41) is 11.9. The quantitative estimate of drug-likeness (QED) is 0.767. The van der Waals surface area contributed by atoms with Crippen LogP contribution in [0.3, 0.4) is 0 Å². The average molecular weight is 198 g/mol. The Balaban J connectivity index is 2.01. The van der Waals surface area contributed by atoms with Crippen LogP contribution in [0.5, 0.6) is 0 Å². The van der Waals surface area contributed by atoms with Gasteiger partial charge in [0.05, 0.1) is 6.10 Å². The van der Waals surface area contributed by atoms with Gasteiger partial charge in [-0.05, 0) is 18.0 Å². The van der Waals surface area contributed by atoms with Gasteiger partial charge in [-0.3, -0.25) is 0 Å². The first kappa shape index (κ1) is 9.14. The Hall–Kier alpha value is -1.43. The Bertz CT molecular complexity index is 343. The van der Waals surface area contributed by atoms with Gasteiger partial charge in [-0.15, -0.1) is 0 Å².